The number of aliphatic hydroxyl groups excluding tert-OH is 1. The highest BCUT2D eigenvalue weighted by molar-refractivity contribution is 5.39. The summed E-state index contributed by atoms with van der Waals surface area (Å²) in [6.45, 7) is 2.56. The summed E-state index contributed by atoms with van der Waals surface area (Å²) in [6.07, 6.45) is 2.48. The van der Waals surface area contributed by atoms with Gasteiger partial charge < -0.3 is 14.6 Å². The zero-order chi connectivity index (χ0) is 13.7. The van der Waals surface area contributed by atoms with Gasteiger partial charge in [-0.2, -0.15) is 0 Å². The Morgan fingerprint density at radius 3 is 2.58 bits per heavy atom. The Morgan fingerprint density at radius 2 is 1.95 bits per heavy atom. The van der Waals surface area contributed by atoms with Crippen molar-refractivity contribution in [2.24, 2.45) is 0 Å². The van der Waals surface area contributed by atoms with Gasteiger partial charge in [-0.25, -0.2) is 0 Å². The van der Waals surface area contributed by atoms with Crippen LogP contribution < -0.4 is 9.47 Å². The number of rotatable bonds is 5. The van der Waals surface area contributed by atoms with Crippen LogP contribution in [0.2, 0.25) is 0 Å². The van der Waals surface area contributed by atoms with Gasteiger partial charge in [0, 0.05) is 11.8 Å². The molecule has 2 aromatic rings. The number of aromatic nitrogens is 1. The zero-order valence-corrected chi connectivity index (χ0v) is 11.0. The molecule has 0 aliphatic carbocycles. The maximum Gasteiger partial charge on any atom is 0.143 e. The SMILES string of the molecule is CCOc1ccc(C(O)c2ccncc2OC)cc1. The monoisotopic (exact) mass is 259 g/mol. The highest BCUT2D eigenvalue weighted by atomic mass is 16.5. The van der Waals surface area contributed by atoms with Crippen LogP contribution in [-0.4, -0.2) is 23.8 Å². The average Bonchev–Trinajstić information content (AvgIpc) is 2.47. The molecule has 0 fully saturated rings. The van der Waals surface area contributed by atoms with Gasteiger partial charge in [0.1, 0.15) is 17.6 Å². The summed E-state index contributed by atoms with van der Waals surface area (Å²) in [6, 6.07) is 9.12. The largest absolute Gasteiger partial charge is 0.495 e. The minimum Gasteiger partial charge on any atom is -0.495 e. The Labute approximate surface area is 112 Å². The molecule has 100 valence electrons. The van der Waals surface area contributed by atoms with Crippen LogP contribution in [0.1, 0.15) is 24.2 Å². The van der Waals surface area contributed by atoms with E-state index in [1.807, 2.05) is 31.2 Å². The molecule has 4 nitrogen and oxygen atoms in total. The van der Waals surface area contributed by atoms with Crippen molar-refractivity contribution in [1.82, 2.24) is 4.98 Å². The Balaban J connectivity index is 2.25. The molecule has 2 rings (SSSR count). The van der Waals surface area contributed by atoms with Crippen molar-refractivity contribution in [3.05, 3.63) is 53.9 Å². The van der Waals surface area contributed by atoms with Gasteiger partial charge in [-0.1, -0.05) is 12.1 Å². The fraction of sp³-hybridized carbons (Fsp3) is 0.267. The molecule has 1 unspecified atom stereocenters. The summed E-state index contributed by atoms with van der Waals surface area (Å²) in [4.78, 5) is 3.97. The van der Waals surface area contributed by atoms with Crippen molar-refractivity contribution in [3.8, 4) is 11.5 Å². The second-order valence-corrected chi connectivity index (χ2v) is 4.02. The lowest BCUT2D eigenvalue weighted by atomic mass is 10.0. The third kappa shape index (κ3) is 3.03. The molecule has 1 N–H and O–H groups in total. The van der Waals surface area contributed by atoms with Gasteiger partial charge in [-0.05, 0) is 30.7 Å². The summed E-state index contributed by atoms with van der Waals surface area (Å²) in [5.74, 6) is 1.36. The van der Waals surface area contributed by atoms with Crippen molar-refractivity contribution in [3.63, 3.8) is 0 Å². The third-order valence-electron chi connectivity index (χ3n) is 2.84. The van der Waals surface area contributed by atoms with Gasteiger partial charge in [0.2, 0.25) is 0 Å². The first-order valence-electron chi connectivity index (χ1n) is 6.15. The van der Waals surface area contributed by atoms with E-state index in [0.717, 1.165) is 11.3 Å². The molecular formula is C15H17NO3. The molecule has 0 aliphatic heterocycles. The van der Waals surface area contributed by atoms with E-state index >= 15 is 0 Å². The number of hydrogen-bond acceptors (Lipinski definition) is 4. The second-order valence-electron chi connectivity index (χ2n) is 4.02. The molecule has 0 spiro atoms. The van der Waals surface area contributed by atoms with E-state index in [2.05, 4.69) is 4.98 Å². The fourth-order valence-corrected chi connectivity index (χ4v) is 1.88. The first kappa shape index (κ1) is 13.4. The van der Waals surface area contributed by atoms with Crippen molar-refractivity contribution >= 4 is 0 Å². The van der Waals surface area contributed by atoms with Crippen LogP contribution in [0.25, 0.3) is 0 Å². The standard InChI is InChI=1S/C15H17NO3/c1-3-19-12-6-4-11(5-7-12)15(17)13-8-9-16-10-14(13)18-2/h4-10,15,17H,3H2,1-2H3. The number of pyridine rings is 1. The van der Waals surface area contributed by atoms with Crippen LogP contribution in [0.5, 0.6) is 11.5 Å². The topological polar surface area (TPSA) is 51.6 Å². The smallest absolute Gasteiger partial charge is 0.143 e. The summed E-state index contributed by atoms with van der Waals surface area (Å²) >= 11 is 0. The molecule has 1 aromatic carbocycles. The van der Waals surface area contributed by atoms with Crippen LogP contribution in [0, 0.1) is 0 Å². The van der Waals surface area contributed by atoms with Crippen molar-refractivity contribution in [1.29, 1.82) is 0 Å². The van der Waals surface area contributed by atoms with Crippen LogP contribution in [0.3, 0.4) is 0 Å². The molecule has 0 radical (unpaired) electrons. The average molecular weight is 259 g/mol. The molecule has 4 heteroatoms. The first-order valence-corrected chi connectivity index (χ1v) is 6.15. The Bertz CT molecular complexity index is 525. The Kier molecular flexibility index (Phi) is 4.36. The lowest BCUT2D eigenvalue weighted by Crippen LogP contribution is -2.03. The molecule has 19 heavy (non-hydrogen) atoms. The van der Waals surface area contributed by atoms with Gasteiger partial charge in [-0.15, -0.1) is 0 Å². The summed E-state index contributed by atoms with van der Waals surface area (Å²) in [7, 11) is 1.56. The van der Waals surface area contributed by atoms with E-state index in [1.54, 1.807) is 25.6 Å². The van der Waals surface area contributed by atoms with E-state index in [9.17, 15) is 5.11 Å². The highest BCUT2D eigenvalue weighted by Crippen LogP contribution is 2.29. The number of methoxy groups -OCH3 is 1. The van der Waals surface area contributed by atoms with E-state index in [-0.39, 0.29) is 0 Å². The summed E-state index contributed by atoms with van der Waals surface area (Å²) < 4.78 is 10.6. The van der Waals surface area contributed by atoms with Gasteiger partial charge >= 0.3 is 0 Å². The van der Waals surface area contributed by atoms with Gasteiger partial charge in [0.15, 0.2) is 0 Å². The Hall–Kier alpha value is -2.07. The Morgan fingerprint density at radius 1 is 1.21 bits per heavy atom. The number of benzene rings is 1. The molecule has 0 aliphatic rings. The predicted molar refractivity (Wildman–Crippen MR) is 72.5 cm³/mol. The van der Waals surface area contributed by atoms with Crippen LogP contribution >= 0.6 is 0 Å². The second kappa shape index (κ2) is 6.20. The summed E-state index contributed by atoms with van der Waals surface area (Å²) in [5, 5.41) is 10.4. The predicted octanol–water partition coefficient (Wildman–Crippen LogP) is 2.57. The number of hydrogen-bond donors (Lipinski definition) is 1. The normalized spacial score (nSPS) is 11.9. The van der Waals surface area contributed by atoms with Crippen LogP contribution in [0.4, 0.5) is 0 Å². The molecule has 0 saturated heterocycles. The van der Waals surface area contributed by atoms with Crippen molar-refractivity contribution < 1.29 is 14.6 Å². The van der Waals surface area contributed by atoms with E-state index < -0.39 is 6.10 Å². The quantitative estimate of drug-likeness (QED) is 0.896. The van der Waals surface area contributed by atoms with Crippen molar-refractivity contribution in [2.45, 2.75) is 13.0 Å². The minimum atomic E-state index is -0.742. The van der Waals surface area contributed by atoms with Crippen molar-refractivity contribution in [2.75, 3.05) is 13.7 Å². The molecule has 1 aromatic heterocycles. The molecule has 0 amide bonds. The minimum absolute atomic E-state index is 0.573. The highest BCUT2D eigenvalue weighted by Gasteiger charge is 2.15. The lowest BCUT2D eigenvalue weighted by Gasteiger charge is -2.15. The maximum atomic E-state index is 10.4. The van der Waals surface area contributed by atoms with Gasteiger partial charge in [0.05, 0.1) is 19.9 Å². The van der Waals surface area contributed by atoms with E-state index in [1.165, 1.54) is 0 Å². The molecule has 1 atom stereocenters. The van der Waals surface area contributed by atoms with Crippen LogP contribution in [-0.2, 0) is 0 Å². The molecule has 0 bridgehead atoms. The summed E-state index contributed by atoms with van der Waals surface area (Å²) in [5.41, 5.74) is 1.48. The van der Waals surface area contributed by atoms with E-state index in [4.69, 9.17) is 9.47 Å². The first-order chi connectivity index (χ1) is 9.26. The maximum absolute atomic E-state index is 10.4. The van der Waals surface area contributed by atoms with Crippen LogP contribution in [0.15, 0.2) is 42.7 Å². The lowest BCUT2D eigenvalue weighted by molar-refractivity contribution is 0.214. The molecule has 1 heterocycles. The fourth-order valence-electron chi connectivity index (χ4n) is 1.88. The molecule has 0 saturated carbocycles. The number of aliphatic hydroxyl groups is 1. The zero-order valence-electron chi connectivity index (χ0n) is 11.0. The van der Waals surface area contributed by atoms with E-state index in [0.29, 0.717) is 17.9 Å². The molecular weight excluding hydrogens is 242 g/mol. The van der Waals surface area contributed by atoms with Gasteiger partial charge in [0.25, 0.3) is 0 Å². The number of ether oxygens (including phenoxy) is 2. The number of nitrogens with zero attached hydrogens (tertiary/aromatic N) is 1. The third-order valence-corrected chi connectivity index (χ3v) is 2.84. The van der Waals surface area contributed by atoms with Gasteiger partial charge in [-0.3, -0.25) is 4.98 Å².